The van der Waals surface area contributed by atoms with E-state index in [1.165, 1.54) is 11.1 Å². The molecular weight excluding hydrogens is 136 g/mol. The maximum atomic E-state index is 5.04. The molecule has 0 amide bonds. The Labute approximate surface area is 67.0 Å². The summed E-state index contributed by atoms with van der Waals surface area (Å²) in [5.41, 5.74) is 2.84. The molecule has 1 aliphatic carbocycles. The fraction of sp³-hybridized carbons (Fsp3) is 0.300. The first-order valence-electron chi connectivity index (χ1n) is 3.88. The number of rotatable bonds is 1. The van der Waals surface area contributed by atoms with Crippen molar-refractivity contribution in [1.29, 1.82) is 0 Å². The molecule has 1 aliphatic rings. The highest BCUT2D eigenvalue weighted by molar-refractivity contribution is 5.32. The standard InChI is InChI=1S/C10H11O/c1-11-10-6-8-4-2-3-5-9(8)7-10/h2-5,10H,1,6-7H2. The zero-order valence-electron chi connectivity index (χ0n) is 6.42. The zero-order valence-corrected chi connectivity index (χ0v) is 6.42. The second-order valence-electron chi connectivity index (χ2n) is 2.97. The summed E-state index contributed by atoms with van der Waals surface area (Å²) in [6.07, 6.45) is 2.37. The van der Waals surface area contributed by atoms with Gasteiger partial charge in [-0.3, -0.25) is 0 Å². The Kier molecular flexibility index (Phi) is 1.66. The van der Waals surface area contributed by atoms with Crippen molar-refractivity contribution in [2.75, 3.05) is 0 Å². The average Bonchev–Trinajstić information content (AvgIpc) is 2.46. The van der Waals surface area contributed by atoms with Crippen LogP contribution in [0.5, 0.6) is 0 Å². The molecule has 1 aromatic rings. The fourth-order valence-electron chi connectivity index (χ4n) is 1.64. The first kappa shape index (κ1) is 6.86. The monoisotopic (exact) mass is 147 g/mol. The summed E-state index contributed by atoms with van der Waals surface area (Å²) in [5.74, 6) is 0. The van der Waals surface area contributed by atoms with Gasteiger partial charge in [-0.2, -0.15) is 0 Å². The van der Waals surface area contributed by atoms with Gasteiger partial charge in [0, 0.05) is 0 Å². The molecule has 0 saturated carbocycles. The van der Waals surface area contributed by atoms with E-state index in [1.807, 2.05) is 0 Å². The minimum absolute atomic E-state index is 0.312. The highest BCUT2D eigenvalue weighted by Gasteiger charge is 2.19. The molecule has 0 heterocycles. The fourth-order valence-corrected chi connectivity index (χ4v) is 1.64. The second-order valence-corrected chi connectivity index (χ2v) is 2.97. The van der Waals surface area contributed by atoms with Gasteiger partial charge in [0.15, 0.2) is 0 Å². The summed E-state index contributed by atoms with van der Waals surface area (Å²) in [6, 6.07) is 8.47. The van der Waals surface area contributed by atoms with Crippen LogP contribution < -0.4 is 0 Å². The van der Waals surface area contributed by atoms with Gasteiger partial charge in [0.2, 0.25) is 0 Å². The number of fused-ring (bicyclic) bond motifs is 1. The molecule has 0 bridgehead atoms. The molecule has 1 nitrogen and oxygen atoms in total. The molecule has 0 spiro atoms. The summed E-state index contributed by atoms with van der Waals surface area (Å²) in [5, 5.41) is 0. The molecule has 0 fully saturated rings. The Morgan fingerprint density at radius 1 is 1.18 bits per heavy atom. The molecule has 11 heavy (non-hydrogen) atoms. The van der Waals surface area contributed by atoms with E-state index in [9.17, 15) is 0 Å². The lowest BCUT2D eigenvalue weighted by Gasteiger charge is -2.03. The zero-order chi connectivity index (χ0) is 7.68. The highest BCUT2D eigenvalue weighted by Crippen LogP contribution is 2.23. The van der Waals surface area contributed by atoms with Crippen LogP contribution in [0.15, 0.2) is 24.3 Å². The van der Waals surface area contributed by atoms with Crippen LogP contribution in [0.2, 0.25) is 0 Å². The molecule has 0 unspecified atom stereocenters. The van der Waals surface area contributed by atoms with Crippen LogP contribution in [-0.4, -0.2) is 6.10 Å². The number of hydrogen-bond acceptors (Lipinski definition) is 1. The van der Waals surface area contributed by atoms with Crippen molar-refractivity contribution in [1.82, 2.24) is 0 Å². The Morgan fingerprint density at radius 2 is 1.73 bits per heavy atom. The van der Waals surface area contributed by atoms with Gasteiger partial charge in [-0.05, 0) is 24.0 Å². The summed E-state index contributed by atoms with van der Waals surface area (Å²) in [7, 11) is 3.45. The van der Waals surface area contributed by atoms with Crippen LogP contribution in [0.25, 0.3) is 0 Å². The van der Waals surface area contributed by atoms with Crippen LogP contribution in [-0.2, 0) is 17.6 Å². The van der Waals surface area contributed by atoms with E-state index >= 15 is 0 Å². The van der Waals surface area contributed by atoms with E-state index in [4.69, 9.17) is 4.74 Å². The Hall–Kier alpha value is -0.820. The third kappa shape index (κ3) is 1.16. The Balaban J connectivity index is 2.27. The molecule has 0 saturated heterocycles. The predicted molar refractivity (Wildman–Crippen MR) is 44.1 cm³/mol. The third-order valence-electron chi connectivity index (χ3n) is 2.25. The Bertz CT molecular complexity index is 230. The van der Waals surface area contributed by atoms with Crippen molar-refractivity contribution in [3.8, 4) is 0 Å². The van der Waals surface area contributed by atoms with Gasteiger partial charge in [0.05, 0.1) is 13.2 Å². The van der Waals surface area contributed by atoms with Crippen molar-refractivity contribution in [3.63, 3.8) is 0 Å². The molecule has 1 aromatic carbocycles. The van der Waals surface area contributed by atoms with Crippen molar-refractivity contribution >= 4 is 0 Å². The molecule has 0 aliphatic heterocycles. The van der Waals surface area contributed by atoms with Crippen molar-refractivity contribution < 1.29 is 4.74 Å². The van der Waals surface area contributed by atoms with Gasteiger partial charge in [0.25, 0.3) is 0 Å². The van der Waals surface area contributed by atoms with Crippen LogP contribution in [0.1, 0.15) is 11.1 Å². The molecule has 0 atom stereocenters. The summed E-state index contributed by atoms with van der Waals surface area (Å²) in [6.45, 7) is 0. The van der Waals surface area contributed by atoms with Crippen molar-refractivity contribution in [2.24, 2.45) is 0 Å². The maximum Gasteiger partial charge on any atom is 0.0704 e. The smallest absolute Gasteiger partial charge is 0.0704 e. The van der Waals surface area contributed by atoms with Crippen LogP contribution >= 0.6 is 0 Å². The average molecular weight is 147 g/mol. The predicted octanol–water partition coefficient (Wildman–Crippen LogP) is 1.96. The molecule has 57 valence electrons. The number of benzene rings is 1. The normalized spacial score (nSPS) is 16.8. The largest absolute Gasteiger partial charge is 0.375 e. The van der Waals surface area contributed by atoms with Gasteiger partial charge in [-0.1, -0.05) is 24.3 Å². The van der Waals surface area contributed by atoms with E-state index in [2.05, 4.69) is 31.4 Å². The minimum Gasteiger partial charge on any atom is -0.375 e. The van der Waals surface area contributed by atoms with Gasteiger partial charge >= 0.3 is 0 Å². The first-order chi connectivity index (χ1) is 5.40. The topological polar surface area (TPSA) is 9.23 Å². The lowest BCUT2D eigenvalue weighted by molar-refractivity contribution is 0.148. The van der Waals surface area contributed by atoms with Gasteiger partial charge < -0.3 is 4.74 Å². The minimum atomic E-state index is 0.312. The summed E-state index contributed by atoms with van der Waals surface area (Å²) >= 11 is 0. The molecule has 0 aromatic heterocycles. The van der Waals surface area contributed by atoms with Gasteiger partial charge in [-0.25, -0.2) is 0 Å². The SMILES string of the molecule is [CH2]OC1Cc2ccccc2C1. The van der Waals surface area contributed by atoms with Crippen LogP contribution in [0.4, 0.5) is 0 Å². The second kappa shape index (κ2) is 2.67. The van der Waals surface area contributed by atoms with Gasteiger partial charge in [-0.15, -0.1) is 0 Å². The summed E-state index contributed by atoms with van der Waals surface area (Å²) in [4.78, 5) is 0. The van der Waals surface area contributed by atoms with E-state index in [0.29, 0.717) is 6.10 Å². The first-order valence-corrected chi connectivity index (χ1v) is 3.88. The molecule has 2 rings (SSSR count). The number of ether oxygens (including phenoxy) is 1. The van der Waals surface area contributed by atoms with Crippen molar-refractivity contribution in [3.05, 3.63) is 42.5 Å². The number of hydrogen-bond donors (Lipinski definition) is 0. The molecule has 1 heteroatoms. The third-order valence-corrected chi connectivity index (χ3v) is 2.25. The molecular formula is C10H11O. The maximum absolute atomic E-state index is 5.04. The van der Waals surface area contributed by atoms with Gasteiger partial charge in [0.1, 0.15) is 0 Å². The Morgan fingerprint density at radius 3 is 2.18 bits per heavy atom. The quantitative estimate of drug-likeness (QED) is 0.590. The van der Waals surface area contributed by atoms with Crippen molar-refractivity contribution in [2.45, 2.75) is 18.9 Å². The van der Waals surface area contributed by atoms with E-state index in [0.717, 1.165) is 12.8 Å². The van der Waals surface area contributed by atoms with E-state index in [1.54, 1.807) is 0 Å². The molecule has 0 N–H and O–H groups in total. The van der Waals surface area contributed by atoms with E-state index < -0.39 is 0 Å². The molecule has 1 radical (unpaired) electrons. The lowest BCUT2D eigenvalue weighted by Crippen LogP contribution is -2.07. The summed E-state index contributed by atoms with van der Waals surface area (Å²) < 4.78 is 5.04. The lowest BCUT2D eigenvalue weighted by atomic mass is 10.1. The van der Waals surface area contributed by atoms with Crippen LogP contribution in [0, 0.1) is 7.11 Å². The highest BCUT2D eigenvalue weighted by atomic mass is 16.5. The van der Waals surface area contributed by atoms with Crippen LogP contribution in [0.3, 0.4) is 0 Å². The van der Waals surface area contributed by atoms with E-state index in [-0.39, 0.29) is 0 Å².